The predicted octanol–water partition coefficient (Wildman–Crippen LogP) is 2.83. The Morgan fingerprint density at radius 2 is 2.00 bits per heavy atom. The molecule has 1 saturated heterocycles. The Balaban J connectivity index is 2.03. The predicted molar refractivity (Wildman–Crippen MR) is 107 cm³/mol. The molecule has 0 radical (unpaired) electrons. The van der Waals surface area contributed by atoms with Crippen molar-refractivity contribution in [2.24, 2.45) is 0 Å². The van der Waals surface area contributed by atoms with Crippen LogP contribution >= 0.6 is 0 Å². The molecule has 28 heavy (non-hydrogen) atoms. The van der Waals surface area contributed by atoms with Gasteiger partial charge in [-0.3, -0.25) is 4.79 Å². The molecule has 1 atom stereocenters. The molecule has 1 aromatic carbocycles. The molecule has 0 aliphatic carbocycles. The van der Waals surface area contributed by atoms with Crippen LogP contribution in [0, 0.1) is 5.82 Å². The van der Waals surface area contributed by atoms with Gasteiger partial charge in [-0.05, 0) is 32.8 Å². The highest BCUT2D eigenvalue weighted by molar-refractivity contribution is 5.84. The second-order valence-electron chi connectivity index (χ2n) is 7.99. The third-order valence-corrected chi connectivity index (χ3v) is 4.99. The van der Waals surface area contributed by atoms with Crippen molar-refractivity contribution in [3.8, 4) is 11.1 Å². The third kappa shape index (κ3) is 4.14. The molecule has 1 aliphatic heterocycles. The fraction of sp³-hybridized carbons (Fsp3) is 0.476. The van der Waals surface area contributed by atoms with Crippen molar-refractivity contribution in [1.29, 1.82) is 0 Å². The molecule has 7 heteroatoms. The maximum Gasteiger partial charge on any atom is 0.253 e. The first-order chi connectivity index (χ1) is 13.2. The summed E-state index contributed by atoms with van der Waals surface area (Å²) < 4.78 is 14.5. The van der Waals surface area contributed by atoms with E-state index in [0.717, 1.165) is 18.5 Å². The Bertz CT molecular complexity index is 864. The average Bonchev–Trinajstić information content (AvgIpc) is 2.66. The Morgan fingerprint density at radius 1 is 1.29 bits per heavy atom. The van der Waals surface area contributed by atoms with Crippen LogP contribution in [0.2, 0.25) is 0 Å². The number of halogens is 1. The summed E-state index contributed by atoms with van der Waals surface area (Å²) in [6.07, 6.45) is 3.29. The van der Waals surface area contributed by atoms with E-state index in [1.54, 1.807) is 34.2 Å². The fourth-order valence-corrected chi connectivity index (χ4v) is 3.57. The highest BCUT2D eigenvalue weighted by atomic mass is 19.1. The molecule has 1 N–H and O–H groups in total. The summed E-state index contributed by atoms with van der Waals surface area (Å²) in [6.45, 7) is 4.03. The molecule has 0 unspecified atom stereocenters. The van der Waals surface area contributed by atoms with Crippen LogP contribution in [0.25, 0.3) is 11.1 Å². The molecule has 2 aromatic rings. The number of anilines is 1. The van der Waals surface area contributed by atoms with Gasteiger partial charge in [0.2, 0.25) is 5.95 Å². The van der Waals surface area contributed by atoms with Gasteiger partial charge < -0.3 is 14.9 Å². The lowest BCUT2D eigenvalue weighted by Crippen LogP contribution is -2.48. The minimum atomic E-state index is -1.42. The van der Waals surface area contributed by atoms with E-state index in [0.29, 0.717) is 30.2 Å². The smallest absolute Gasteiger partial charge is 0.253 e. The molecule has 0 spiro atoms. The number of benzene rings is 1. The molecule has 1 amide bonds. The maximum atomic E-state index is 14.5. The van der Waals surface area contributed by atoms with Crippen LogP contribution in [0.4, 0.5) is 10.3 Å². The Labute approximate surface area is 165 Å². The summed E-state index contributed by atoms with van der Waals surface area (Å²) in [5, 5.41) is 10.1. The molecule has 1 aliphatic rings. The van der Waals surface area contributed by atoms with Gasteiger partial charge in [0.25, 0.3) is 5.91 Å². The van der Waals surface area contributed by atoms with E-state index in [9.17, 15) is 14.3 Å². The molecule has 1 fully saturated rings. The topological polar surface area (TPSA) is 69.6 Å². The first kappa shape index (κ1) is 20.2. The highest BCUT2D eigenvalue weighted by Gasteiger charge is 2.34. The van der Waals surface area contributed by atoms with Crippen molar-refractivity contribution < 1.29 is 14.3 Å². The number of nitrogens with zero attached hydrogens (tertiary/aromatic N) is 4. The van der Waals surface area contributed by atoms with Gasteiger partial charge in [-0.15, -0.1) is 0 Å². The van der Waals surface area contributed by atoms with Crippen LogP contribution in [-0.2, 0) is 4.79 Å². The van der Waals surface area contributed by atoms with Gasteiger partial charge in [0, 0.05) is 50.4 Å². The SMILES string of the molecule is CN(C)c1ncc(-c2ccccc2F)c([C@@H]2CCCN(C(=O)C(C)(C)O)C2)n1. The van der Waals surface area contributed by atoms with Gasteiger partial charge >= 0.3 is 0 Å². The average molecular weight is 386 g/mol. The zero-order valence-corrected chi connectivity index (χ0v) is 16.8. The molecule has 2 heterocycles. The summed E-state index contributed by atoms with van der Waals surface area (Å²) in [4.78, 5) is 25.1. The molecular formula is C21H27FN4O2. The number of likely N-dealkylation sites (tertiary alicyclic amines) is 1. The lowest BCUT2D eigenvalue weighted by Gasteiger charge is -2.36. The number of hydrogen-bond donors (Lipinski definition) is 1. The summed E-state index contributed by atoms with van der Waals surface area (Å²) in [5.74, 6) is -0.144. The molecule has 0 bridgehead atoms. The second kappa shape index (κ2) is 7.83. The Morgan fingerprint density at radius 3 is 2.64 bits per heavy atom. The molecule has 150 valence electrons. The number of carbonyl (C=O) groups excluding carboxylic acids is 1. The van der Waals surface area contributed by atoms with E-state index >= 15 is 0 Å². The fourth-order valence-electron chi connectivity index (χ4n) is 3.57. The minimum absolute atomic E-state index is 0.0589. The van der Waals surface area contributed by atoms with E-state index in [1.807, 2.05) is 14.1 Å². The van der Waals surface area contributed by atoms with Crippen molar-refractivity contribution in [3.05, 3.63) is 42.0 Å². The molecule has 6 nitrogen and oxygen atoms in total. The Kier molecular flexibility index (Phi) is 5.65. The first-order valence-electron chi connectivity index (χ1n) is 9.49. The lowest BCUT2D eigenvalue weighted by molar-refractivity contribution is -0.149. The number of aromatic nitrogens is 2. The van der Waals surface area contributed by atoms with Crippen molar-refractivity contribution in [3.63, 3.8) is 0 Å². The highest BCUT2D eigenvalue weighted by Crippen LogP contribution is 2.35. The van der Waals surface area contributed by atoms with Crippen LogP contribution in [0.1, 0.15) is 38.3 Å². The summed E-state index contributed by atoms with van der Waals surface area (Å²) in [6, 6.07) is 6.57. The van der Waals surface area contributed by atoms with Crippen molar-refractivity contribution in [1.82, 2.24) is 14.9 Å². The number of piperidine rings is 1. The quantitative estimate of drug-likeness (QED) is 0.875. The van der Waals surface area contributed by atoms with E-state index in [-0.39, 0.29) is 17.6 Å². The van der Waals surface area contributed by atoms with Gasteiger partial charge in [-0.1, -0.05) is 18.2 Å². The molecule has 0 saturated carbocycles. The second-order valence-corrected chi connectivity index (χ2v) is 7.99. The minimum Gasteiger partial charge on any atom is -0.381 e. The van der Waals surface area contributed by atoms with Gasteiger partial charge in [-0.2, -0.15) is 0 Å². The number of aliphatic hydroxyl groups is 1. The summed E-state index contributed by atoms with van der Waals surface area (Å²) in [7, 11) is 3.71. The molecular weight excluding hydrogens is 359 g/mol. The number of carbonyl (C=O) groups is 1. The zero-order valence-electron chi connectivity index (χ0n) is 16.8. The van der Waals surface area contributed by atoms with Crippen LogP contribution in [0.3, 0.4) is 0 Å². The van der Waals surface area contributed by atoms with E-state index < -0.39 is 5.60 Å². The summed E-state index contributed by atoms with van der Waals surface area (Å²) in [5.41, 5.74) is 0.411. The van der Waals surface area contributed by atoms with Crippen LogP contribution in [0.15, 0.2) is 30.5 Å². The number of hydrogen-bond acceptors (Lipinski definition) is 5. The van der Waals surface area contributed by atoms with E-state index in [1.165, 1.54) is 19.9 Å². The van der Waals surface area contributed by atoms with Crippen molar-refractivity contribution >= 4 is 11.9 Å². The largest absolute Gasteiger partial charge is 0.381 e. The monoisotopic (exact) mass is 386 g/mol. The van der Waals surface area contributed by atoms with Gasteiger partial charge in [0.05, 0.1) is 5.69 Å². The molecule has 3 rings (SSSR count). The van der Waals surface area contributed by atoms with Crippen molar-refractivity contribution in [2.45, 2.75) is 38.2 Å². The summed E-state index contributed by atoms with van der Waals surface area (Å²) >= 11 is 0. The molecule has 1 aromatic heterocycles. The van der Waals surface area contributed by atoms with Gasteiger partial charge in [0.1, 0.15) is 11.4 Å². The standard InChI is InChI=1S/C21H27FN4O2/c1-21(2,28)19(27)26-11-7-8-14(13-26)18-16(12-23-20(24-18)25(3)4)15-9-5-6-10-17(15)22/h5-6,9-10,12,14,28H,7-8,11,13H2,1-4H3/t14-/m1/s1. The van der Waals surface area contributed by atoms with Gasteiger partial charge in [-0.25, -0.2) is 14.4 Å². The van der Waals surface area contributed by atoms with E-state index in [2.05, 4.69) is 4.98 Å². The zero-order chi connectivity index (χ0) is 20.5. The Hall–Kier alpha value is -2.54. The normalized spacial score (nSPS) is 17.5. The van der Waals surface area contributed by atoms with Crippen LogP contribution in [0.5, 0.6) is 0 Å². The number of amides is 1. The van der Waals surface area contributed by atoms with E-state index in [4.69, 9.17) is 4.98 Å². The number of rotatable bonds is 4. The van der Waals surface area contributed by atoms with Crippen LogP contribution in [-0.4, -0.2) is 58.7 Å². The van der Waals surface area contributed by atoms with Crippen molar-refractivity contribution in [2.75, 3.05) is 32.1 Å². The van der Waals surface area contributed by atoms with Crippen LogP contribution < -0.4 is 4.90 Å². The van der Waals surface area contributed by atoms with Gasteiger partial charge in [0.15, 0.2) is 0 Å². The lowest BCUT2D eigenvalue weighted by atomic mass is 9.89. The first-order valence-corrected chi connectivity index (χ1v) is 9.49. The third-order valence-electron chi connectivity index (χ3n) is 4.99. The maximum absolute atomic E-state index is 14.5.